The van der Waals surface area contributed by atoms with Crippen LogP contribution in [0.3, 0.4) is 0 Å². The van der Waals surface area contributed by atoms with Crippen LogP contribution >= 0.6 is 15.9 Å². The molecule has 2 aromatic carbocycles. The van der Waals surface area contributed by atoms with Crippen molar-refractivity contribution in [2.75, 3.05) is 6.61 Å². The number of ether oxygens (including phenoxy) is 1. The van der Waals surface area contributed by atoms with Gasteiger partial charge in [0.15, 0.2) is 0 Å². The quantitative estimate of drug-likeness (QED) is 0.554. The molecule has 0 fully saturated rings. The molecule has 3 aromatic rings. The van der Waals surface area contributed by atoms with Crippen LogP contribution in [0.5, 0.6) is 5.75 Å². The highest BCUT2D eigenvalue weighted by molar-refractivity contribution is 9.10. The zero-order chi connectivity index (χ0) is 15.7. The Morgan fingerprint density at radius 3 is 2.82 bits per heavy atom. The molecule has 0 aliphatic heterocycles. The molecule has 112 valence electrons. The molecule has 0 atom stereocenters. The van der Waals surface area contributed by atoms with Crippen LogP contribution in [-0.2, 0) is 0 Å². The van der Waals surface area contributed by atoms with Crippen LogP contribution in [0.1, 0.15) is 6.92 Å². The van der Waals surface area contributed by atoms with Gasteiger partial charge in [0, 0.05) is 17.7 Å². The van der Waals surface area contributed by atoms with Gasteiger partial charge < -0.3 is 9.72 Å². The number of halogens is 1. The van der Waals surface area contributed by atoms with E-state index in [-0.39, 0.29) is 5.69 Å². The monoisotopic (exact) mass is 361 g/mol. The molecule has 6 nitrogen and oxygen atoms in total. The lowest BCUT2D eigenvalue weighted by molar-refractivity contribution is -0.384. The summed E-state index contributed by atoms with van der Waals surface area (Å²) in [5.41, 5.74) is 2.23. The highest BCUT2D eigenvalue weighted by Crippen LogP contribution is 2.31. The fraction of sp³-hybridized carbons (Fsp3) is 0.133. The number of hydrogen-bond donors (Lipinski definition) is 1. The first-order valence-electron chi connectivity index (χ1n) is 6.65. The Kier molecular flexibility index (Phi) is 3.81. The molecule has 0 aliphatic carbocycles. The van der Waals surface area contributed by atoms with Crippen LogP contribution in [-0.4, -0.2) is 21.5 Å². The van der Waals surface area contributed by atoms with Crippen LogP contribution in [0.2, 0.25) is 0 Å². The number of fused-ring (bicyclic) bond motifs is 1. The Morgan fingerprint density at radius 1 is 1.32 bits per heavy atom. The molecule has 3 rings (SSSR count). The second kappa shape index (κ2) is 5.76. The number of aromatic amines is 1. The van der Waals surface area contributed by atoms with Crippen molar-refractivity contribution in [1.29, 1.82) is 0 Å². The lowest BCUT2D eigenvalue weighted by Crippen LogP contribution is -1.92. The molecule has 7 heteroatoms. The molecule has 0 spiro atoms. The molecule has 0 radical (unpaired) electrons. The molecule has 0 saturated carbocycles. The van der Waals surface area contributed by atoms with Gasteiger partial charge in [-0.3, -0.25) is 10.1 Å². The summed E-state index contributed by atoms with van der Waals surface area (Å²) in [4.78, 5) is 18.0. The number of H-pyrrole nitrogens is 1. The summed E-state index contributed by atoms with van der Waals surface area (Å²) >= 11 is 3.46. The highest BCUT2D eigenvalue weighted by atomic mass is 79.9. The van der Waals surface area contributed by atoms with Crippen LogP contribution in [0.25, 0.3) is 22.4 Å². The summed E-state index contributed by atoms with van der Waals surface area (Å²) in [6.07, 6.45) is 0. The molecule has 22 heavy (non-hydrogen) atoms. The maximum atomic E-state index is 10.8. The Morgan fingerprint density at radius 2 is 2.14 bits per heavy atom. The number of nitrogens with zero attached hydrogens (tertiary/aromatic N) is 2. The zero-order valence-electron chi connectivity index (χ0n) is 11.7. The second-order valence-electron chi connectivity index (χ2n) is 4.62. The van der Waals surface area contributed by atoms with Gasteiger partial charge in [-0.1, -0.05) is 0 Å². The van der Waals surface area contributed by atoms with Gasteiger partial charge in [-0.15, -0.1) is 0 Å². The van der Waals surface area contributed by atoms with Gasteiger partial charge in [0.05, 0.1) is 27.0 Å². The standard InChI is InChI=1S/C15H12BrN3O3/c1-2-22-14-6-3-9(7-11(14)16)15-17-12-5-4-10(19(20)21)8-13(12)18-15/h3-8H,2H2,1H3,(H,17,18). The number of nitrogens with one attached hydrogen (secondary N) is 1. The first-order valence-corrected chi connectivity index (χ1v) is 7.44. The van der Waals surface area contributed by atoms with Crippen molar-refractivity contribution in [2.24, 2.45) is 0 Å². The van der Waals surface area contributed by atoms with Crippen molar-refractivity contribution in [3.8, 4) is 17.1 Å². The maximum absolute atomic E-state index is 10.8. The van der Waals surface area contributed by atoms with Gasteiger partial charge >= 0.3 is 0 Å². The Labute approximate surface area is 134 Å². The molecule has 1 aromatic heterocycles. The molecular formula is C15H12BrN3O3. The third-order valence-corrected chi connectivity index (χ3v) is 3.80. The smallest absolute Gasteiger partial charge is 0.271 e. The average molecular weight is 362 g/mol. The summed E-state index contributed by atoms with van der Waals surface area (Å²) in [6, 6.07) is 10.2. The molecule has 0 unspecified atom stereocenters. The third-order valence-electron chi connectivity index (χ3n) is 3.18. The van der Waals surface area contributed by atoms with Gasteiger partial charge in [-0.2, -0.15) is 0 Å². The number of hydrogen-bond acceptors (Lipinski definition) is 4. The predicted octanol–water partition coefficient (Wildman–Crippen LogP) is 4.30. The Bertz CT molecular complexity index is 860. The minimum atomic E-state index is -0.423. The molecule has 1 heterocycles. The summed E-state index contributed by atoms with van der Waals surface area (Å²) in [7, 11) is 0. The minimum absolute atomic E-state index is 0.0376. The van der Waals surface area contributed by atoms with E-state index in [1.807, 2.05) is 25.1 Å². The van der Waals surface area contributed by atoms with E-state index in [2.05, 4.69) is 25.9 Å². The van der Waals surface area contributed by atoms with Crippen molar-refractivity contribution in [1.82, 2.24) is 9.97 Å². The Hall–Kier alpha value is -2.41. The maximum Gasteiger partial charge on any atom is 0.271 e. The summed E-state index contributed by atoms with van der Waals surface area (Å²) in [5, 5.41) is 10.8. The van der Waals surface area contributed by atoms with E-state index < -0.39 is 4.92 Å². The zero-order valence-corrected chi connectivity index (χ0v) is 13.3. The normalized spacial score (nSPS) is 10.8. The number of nitro benzene ring substituents is 1. The molecule has 1 N–H and O–H groups in total. The van der Waals surface area contributed by atoms with E-state index in [1.54, 1.807) is 6.07 Å². The summed E-state index contributed by atoms with van der Waals surface area (Å²) < 4.78 is 6.31. The fourth-order valence-corrected chi connectivity index (χ4v) is 2.66. The largest absolute Gasteiger partial charge is 0.493 e. The fourth-order valence-electron chi connectivity index (χ4n) is 2.17. The van der Waals surface area contributed by atoms with Crippen molar-refractivity contribution in [3.63, 3.8) is 0 Å². The van der Waals surface area contributed by atoms with E-state index in [0.717, 1.165) is 15.8 Å². The highest BCUT2D eigenvalue weighted by Gasteiger charge is 2.11. The lowest BCUT2D eigenvalue weighted by atomic mass is 10.2. The van der Waals surface area contributed by atoms with Gasteiger partial charge in [-0.05, 0) is 47.1 Å². The molecule has 0 aliphatic rings. The van der Waals surface area contributed by atoms with Crippen LogP contribution in [0, 0.1) is 10.1 Å². The number of nitro groups is 1. The SMILES string of the molecule is CCOc1ccc(-c2nc3ccc([N+](=O)[O-])cc3[nH]2)cc1Br. The second-order valence-corrected chi connectivity index (χ2v) is 5.48. The van der Waals surface area contributed by atoms with Gasteiger partial charge in [0.25, 0.3) is 5.69 Å². The molecule has 0 bridgehead atoms. The van der Waals surface area contributed by atoms with Crippen molar-refractivity contribution in [2.45, 2.75) is 6.92 Å². The number of benzene rings is 2. The van der Waals surface area contributed by atoms with E-state index in [1.165, 1.54) is 12.1 Å². The predicted molar refractivity (Wildman–Crippen MR) is 87.1 cm³/mol. The van der Waals surface area contributed by atoms with Gasteiger partial charge in [0.2, 0.25) is 0 Å². The third kappa shape index (κ3) is 2.67. The topological polar surface area (TPSA) is 81.1 Å². The minimum Gasteiger partial charge on any atom is -0.493 e. The Balaban J connectivity index is 2.03. The molecule has 0 saturated heterocycles. The van der Waals surface area contributed by atoms with Crippen LogP contribution in [0.15, 0.2) is 40.9 Å². The summed E-state index contributed by atoms with van der Waals surface area (Å²) in [5.74, 6) is 1.41. The van der Waals surface area contributed by atoms with Crippen LogP contribution < -0.4 is 4.74 Å². The number of rotatable bonds is 4. The van der Waals surface area contributed by atoms with Crippen LogP contribution in [0.4, 0.5) is 5.69 Å². The first kappa shape index (κ1) is 14.5. The number of non-ortho nitro benzene ring substituents is 1. The van der Waals surface area contributed by atoms with E-state index in [9.17, 15) is 10.1 Å². The van der Waals surface area contributed by atoms with Crippen molar-refractivity contribution >= 4 is 32.7 Å². The van der Waals surface area contributed by atoms with Gasteiger partial charge in [-0.25, -0.2) is 4.98 Å². The van der Waals surface area contributed by atoms with Gasteiger partial charge in [0.1, 0.15) is 11.6 Å². The average Bonchev–Trinajstić information content (AvgIpc) is 2.92. The van der Waals surface area contributed by atoms with E-state index in [4.69, 9.17) is 4.74 Å². The first-order chi connectivity index (χ1) is 10.6. The van der Waals surface area contributed by atoms with Crippen molar-refractivity contribution < 1.29 is 9.66 Å². The molecular weight excluding hydrogens is 350 g/mol. The molecule has 0 amide bonds. The van der Waals surface area contributed by atoms with E-state index >= 15 is 0 Å². The number of aromatic nitrogens is 2. The van der Waals surface area contributed by atoms with E-state index in [0.29, 0.717) is 23.5 Å². The number of imidazole rings is 1. The summed E-state index contributed by atoms with van der Waals surface area (Å²) in [6.45, 7) is 2.51. The van der Waals surface area contributed by atoms with Crippen molar-refractivity contribution in [3.05, 3.63) is 51.0 Å². The lowest BCUT2D eigenvalue weighted by Gasteiger charge is -2.06.